The van der Waals surface area contributed by atoms with E-state index in [-0.39, 0.29) is 5.56 Å². The van der Waals surface area contributed by atoms with Crippen LogP contribution < -0.4 is 4.74 Å². The van der Waals surface area contributed by atoms with E-state index in [1.165, 1.54) is 19.2 Å². The van der Waals surface area contributed by atoms with Crippen molar-refractivity contribution in [3.63, 3.8) is 0 Å². The number of carboxylic acid groups (broad SMARTS) is 1. The van der Waals surface area contributed by atoms with E-state index in [1.807, 2.05) is 0 Å². The molecule has 0 radical (unpaired) electrons. The van der Waals surface area contributed by atoms with Crippen molar-refractivity contribution in [1.29, 1.82) is 0 Å². The Kier molecular flexibility index (Phi) is 3.98. The van der Waals surface area contributed by atoms with Gasteiger partial charge in [-0.3, -0.25) is 0 Å². The molecule has 2 aromatic rings. The van der Waals surface area contributed by atoms with E-state index in [4.69, 9.17) is 33.0 Å². The number of aromatic carboxylic acids is 1. The topological polar surface area (TPSA) is 46.5 Å². The number of carbonyl (C=O) groups is 1. The summed E-state index contributed by atoms with van der Waals surface area (Å²) in [5.74, 6) is -0.579. The maximum Gasteiger partial charge on any atom is 0.335 e. The second-order valence-corrected chi connectivity index (χ2v) is 4.72. The van der Waals surface area contributed by atoms with Gasteiger partial charge in [0.25, 0.3) is 0 Å². The predicted molar refractivity (Wildman–Crippen MR) is 75.4 cm³/mol. The molecule has 0 saturated heterocycles. The van der Waals surface area contributed by atoms with Crippen LogP contribution in [0.4, 0.5) is 0 Å². The zero-order valence-electron chi connectivity index (χ0n) is 9.98. The normalized spacial score (nSPS) is 10.3. The van der Waals surface area contributed by atoms with Gasteiger partial charge in [0.15, 0.2) is 0 Å². The van der Waals surface area contributed by atoms with Crippen molar-refractivity contribution in [3.05, 3.63) is 52.0 Å². The number of methoxy groups -OCH3 is 1. The summed E-state index contributed by atoms with van der Waals surface area (Å²) in [6.07, 6.45) is 0. The highest BCUT2D eigenvalue weighted by atomic mass is 35.5. The van der Waals surface area contributed by atoms with Crippen molar-refractivity contribution in [2.45, 2.75) is 0 Å². The molecule has 0 fully saturated rings. The van der Waals surface area contributed by atoms with Gasteiger partial charge in [-0.1, -0.05) is 23.2 Å². The van der Waals surface area contributed by atoms with Gasteiger partial charge in [-0.25, -0.2) is 4.79 Å². The second kappa shape index (κ2) is 5.51. The molecule has 5 heteroatoms. The Morgan fingerprint density at radius 1 is 1.16 bits per heavy atom. The Balaban J connectivity index is 2.64. The number of halogens is 2. The first-order chi connectivity index (χ1) is 9.01. The molecule has 1 N–H and O–H groups in total. The minimum atomic E-state index is -1.03. The lowest BCUT2D eigenvalue weighted by Crippen LogP contribution is -1.98. The van der Waals surface area contributed by atoms with Crippen LogP contribution in [-0.2, 0) is 0 Å². The van der Waals surface area contributed by atoms with Gasteiger partial charge in [0.2, 0.25) is 0 Å². The van der Waals surface area contributed by atoms with Gasteiger partial charge < -0.3 is 9.84 Å². The second-order valence-electron chi connectivity index (χ2n) is 3.88. The van der Waals surface area contributed by atoms with Gasteiger partial charge in [-0.05, 0) is 42.0 Å². The first-order valence-electron chi connectivity index (χ1n) is 5.39. The van der Waals surface area contributed by atoms with Crippen LogP contribution in [0, 0.1) is 0 Å². The van der Waals surface area contributed by atoms with Crippen LogP contribution in [0.1, 0.15) is 10.4 Å². The third kappa shape index (κ3) is 3.00. The van der Waals surface area contributed by atoms with E-state index in [1.54, 1.807) is 24.3 Å². The molecule has 0 saturated carbocycles. The minimum Gasteiger partial charge on any atom is -0.497 e. The van der Waals surface area contributed by atoms with Crippen LogP contribution in [-0.4, -0.2) is 18.2 Å². The monoisotopic (exact) mass is 296 g/mol. The predicted octanol–water partition coefficient (Wildman–Crippen LogP) is 4.37. The molecule has 0 aliphatic rings. The van der Waals surface area contributed by atoms with Gasteiger partial charge in [-0.15, -0.1) is 0 Å². The van der Waals surface area contributed by atoms with Crippen molar-refractivity contribution in [2.24, 2.45) is 0 Å². The van der Waals surface area contributed by atoms with Crippen LogP contribution in [0.25, 0.3) is 11.1 Å². The highest BCUT2D eigenvalue weighted by Gasteiger charge is 2.11. The molecule has 19 heavy (non-hydrogen) atoms. The van der Waals surface area contributed by atoms with Gasteiger partial charge in [0.1, 0.15) is 5.75 Å². The van der Waals surface area contributed by atoms with Crippen molar-refractivity contribution >= 4 is 29.2 Å². The smallest absolute Gasteiger partial charge is 0.335 e. The van der Waals surface area contributed by atoms with Crippen LogP contribution in [0.3, 0.4) is 0 Å². The number of hydrogen-bond donors (Lipinski definition) is 1. The average Bonchev–Trinajstić information content (AvgIpc) is 2.40. The fraction of sp³-hybridized carbons (Fsp3) is 0.0714. The highest BCUT2D eigenvalue weighted by molar-refractivity contribution is 6.35. The van der Waals surface area contributed by atoms with Crippen LogP contribution in [0.15, 0.2) is 36.4 Å². The first-order valence-corrected chi connectivity index (χ1v) is 6.14. The van der Waals surface area contributed by atoms with Crippen molar-refractivity contribution in [3.8, 4) is 16.9 Å². The molecule has 0 spiro atoms. The number of hydrogen-bond acceptors (Lipinski definition) is 2. The standard InChI is InChI=1S/C14H10Cl2O3/c1-19-11-5-8(4-9(6-11)14(17)18)12-7-10(15)2-3-13(12)16/h2-7H,1H3,(H,17,18). The maximum absolute atomic E-state index is 11.1. The fourth-order valence-electron chi connectivity index (χ4n) is 1.71. The van der Waals surface area contributed by atoms with E-state index in [9.17, 15) is 4.79 Å². The molecule has 98 valence electrons. The average molecular weight is 297 g/mol. The SMILES string of the molecule is COc1cc(C(=O)O)cc(-c2cc(Cl)ccc2Cl)c1. The summed E-state index contributed by atoms with van der Waals surface area (Å²) in [5, 5.41) is 10.1. The lowest BCUT2D eigenvalue weighted by Gasteiger charge is -2.09. The summed E-state index contributed by atoms with van der Waals surface area (Å²) in [5.41, 5.74) is 1.44. The summed E-state index contributed by atoms with van der Waals surface area (Å²) >= 11 is 12.0. The lowest BCUT2D eigenvalue weighted by molar-refractivity contribution is 0.0696. The highest BCUT2D eigenvalue weighted by Crippen LogP contribution is 2.33. The van der Waals surface area contributed by atoms with E-state index in [2.05, 4.69) is 0 Å². The number of ether oxygens (including phenoxy) is 1. The van der Waals surface area contributed by atoms with E-state index >= 15 is 0 Å². The van der Waals surface area contributed by atoms with Gasteiger partial charge in [-0.2, -0.15) is 0 Å². The van der Waals surface area contributed by atoms with Crippen molar-refractivity contribution in [2.75, 3.05) is 7.11 Å². The van der Waals surface area contributed by atoms with Gasteiger partial charge >= 0.3 is 5.97 Å². The van der Waals surface area contributed by atoms with E-state index in [0.29, 0.717) is 26.9 Å². The zero-order valence-corrected chi connectivity index (χ0v) is 11.5. The Hall–Kier alpha value is -1.71. The molecular formula is C14H10Cl2O3. The van der Waals surface area contributed by atoms with Gasteiger partial charge in [0, 0.05) is 15.6 Å². The van der Waals surface area contributed by atoms with Gasteiger partial charge in [0.05, 0.1) is 12.7 Å². The number of carboxylic acids is 1. The molecule has 0 unspecified atom stereocenters. The molecule has 0 atom stereocenters. The molecule has 0 aliphatic carbocycles. The van der Waals surface area contributed by atoms with Crippen LogP contribution in [0.5, 0.6) is 5.75 Å². The Labute approximate surface area is 120 Å². The van der Waals surface area contributed by atoms with E-state index in [0.717, 1.165) is 0 Å². The number of benzene rings is 2. The maximum atomic E-state index is 11.1. The summed E-state index contributed by atoms with van der Waals surface area (Å²) in [7, 11) is 1.48. The van der Waals surface area contributed by atoms with Crippen molar-refractivity contribution in [1.82, 2.24) is 0 Å². The van der Waals surface area contributed by atoms with Crippen molar-refractivity contribution < 1.29 is 14.6 Å². The van der Waals surface area contributed by atoms with Crippen LogP contribution >= 0.6 is 23.2 Å². The summed E-state index contributed by atoms with van der Waals surface area (Å²) in [6.45, 7) is 0. The lowest BCUT2D eigenvalue weighted by atomic mass is 10.0. The summed E-state index contributed by atoms with van der Waals surface area (Å²) < 4.78 is 5.10. The third-order valence-electron chi connectivity index (χ3n) is 2.63. The Morgan fingerprint density at radius 2 is 1.89 bits per heavy atom. The molecule has 2 aromatic carbocycles. The molecule has 2 rings (SSSR count). The largest absolute Gasteiger partial charge is 0.497 e. The quantitative estimate of drug-likeness (QED) is 0.915. The molecule has 0 amide bonds. The molecule has 0 bridgehead atoms. The van der Waals surface area contributed by atoms with E-state index < -0.39 is 5.97 Å². The fourth-order valence-corrected chi connectivity index (χ4v) is 2.11. The number of rotatable bonds is 3. The Bertz CT molecular complexity index is 639. The Morgan fingerprint density at radius 3 is 2.53 bits per heavy atom. The van der Waals surface area contributed by atoms with Crippen LogP contribution in [0.2, 0.25) is 10.0 Å². The molecular weight excluding hydrogens is 287 g/mol. The first kappa shape index (κ1) is 13.7. The zero-order chi connectivity index (χ0) is 14.0. The molecule has 0 heterocycles. The molecule has 0 aromatic heterocycles. The summed E-state index contributed by atoms with van der Waals surface area (Å²) in [6, 6.07) is 9.71. The molecule has 3 nitrogen and oxygen atoms in total. The molecule has 0 aliphatic heterocycles. The minimum absolute atomic E-state index is 0.130. The summed E-state index contributed by atoms with van der Waals surface area (Å²) in [4.78, 5) is 11.1. The third-order valence-corrected chi connectivity index (χ3v) is 3.19.